The van der Waals surface area contributed by atoms with E-state index in [1.54, 1.807) is 13.0 Å². The Labute approximate surface area is 123 Å². The molecule has 2 aromatic heterocycles. The van der Waals surface area contributed by atoms with Crippen LogP contribution in [0.2, 0.25) is 0 Å². The quantitative estimate of drug-likeness (QED) is 0.651. The third-order valence-electron chi connectivity index (χ3n) is 3.11. The summed E-state index contributed by atoms with van der Waals surface area (Å²) in [6, 6.07) is 3.50. The number of hydrogen-bond donors (Lipinski definition) is 1. The van der Waals surface area contributed by atoms with E-state index in [-0.39, 0.29) is 5.69 Å². The van der Waals surface area contributed by atoms with Crippen LogP contribution in [0.4, 0.5) is 17.3 Å². The van der Waals surface area contributed by atoms with Gasteiger partial charge in [0.15, 0.2) is 5.82 Å². The van der Waals surface area contributed by atoms with E-state index in [4.69, 9.17) is 0 Å². The molecule has 0 saturated carbocycles. The zero-order chi connectivity index (χ0) is 15.4. The molecule has 2 heterocycles. The van der Waals surface area contributed by atoms with Crippen LogP contribution in [0.25, 0.3) is 0 Å². The Morgan fingerprint density at radius 3 is 2.81 bits per heavy atom. The van der Waals surface area contributed by atoms with Gasteiger partial charge in [0, 0.05) is 24.4 Å². The van der Waals surface area contributed by atoms with Gasteiger partial charge in [-0.15, -0.1) is 0 Å². The van der Waals surface area contributed by atoms with Gasteiger partial charge in [-0.25, -0.2) is 4.98 Å². The summed E-state index contributed by atoms with van der Waals surface area (Å²) in [5.41, 5.74) is 0.583. The minimum Gasteiger partial charge on any atom is -0.323 e. The highest BCUT2D eigenvalue weighted by Crippen LogP contribution is 2.20. The third-order valence-corrected chi connectivity index (χ3v) is 3.11. The summed E-state index contributed by atoms with van der Waals surface area (Å²) in [7, 11) is 0. The largest absolute Gasteiger partial charge is 0.323 e. The van der Waals surface area contributed by atoms with Gasteiger partial charge >= 0.3 is 0 Å². The maximum Gasteiger partial charge on any atom is 0.290 e. The van der Waals surface area contributed by atoms with E-state index in [9.17, 15) is 10.1 Å². The number of aryl methyl sites for hydroxylation is 2. The first-order valence-corrected chi connectivity index (χ1v) is 6.87. The maximum absolute atomic E-state index is 10.8. The lowest BCUT2D eigenvalue weighted by molar-refractivity contribution is -0.385. The molecule has 0 atom stereocenters. The van der Waals surface area contributed by atoms with Crippen LogP contribution in [-0.4, -0.2) is 19.7 Å². The third kappa shape index (κ3) is 4.01. The van der Waals surface area contributed by atoms with Gasteiger partial charge in [-0.2, -0.15) is 5.10 Å². The van der Waals surface area contributed by atoms with Crippen molar-refractivity contribution >= 4 is 17.3 Å². The second-order valence-electron chi connectivity index (χ2n) is 5.38. The maximum atomic E-state index is 10.8. The van der Waals surface area contributed by atoms with Crippen LogP contribution in [0.1, 0.15) is 25.8 Å². The van der Waals surface area contributed by atoms with Crippen LogP contribution in [0.15, 0.2) is 24.5 Å². The highest BCUT2D eigenvalue weighted by Gasteiger charge is 2.11. The smallest absolute Gasteiger partial charge is 0.290 e. The van der Waals surface area contributed by atoms with Gasteiger partial charge < -0.3 is 5.32 Å². The molecule has 0 aromatic carbocycles. The number of pyridine rings is 1. The fourth-order valence-corrected chi connectivity index (χ4v) is 1.88. The minimum atomic E-state index is -0.438. The standard InChI is InChI=1S/C14H19N5O2/c1-10(2)4-6-18-7-5-13(17-18)16-14-8-11(3)12(9-15-14)19(20)21/h5,7-10H,4,6H2,1-3H3,(H,15,16,17). The SMILES string of the molecule is Cc1cc(Nc2ccn(CCC(C)C)n2)ncc1[N+](=O)[O-]. The van der Waals surface area contributed by atoms with Crippen molar-refractivity contribution in [2.45, 2.75) is 33.7 Å². The molecule has 0 unspecified atom stereocenters. The first-order chi connectivity index (χ1) is 9.95. The van der Waals surface area contributed by atoms with E-state index in [2.05, 4.69) is 29.2 Å². The zero-order valence-corrected chi connectivity index (χ0v) is 12.4. The lowest BCUT2D eigenvalue weighted by atomic mass is 10.1. The molecular formula is C14H19N5O2. The molecule has 0 bridgehead atoms. The van der Waals surface area contributed by atoms with Gasteiger partial charge in [0.1, 0.15) is 12.0 Å². The van der Waals surface area contributed by atoms with Crippen molar-refractivity contribution in [1.29, 1.82) is 0 Å². The monoisotopic (exact) mass is 289 g/mol. The molecule has 112 valence electrons. The van der Waals surface area contributed by atoms with Crippen LogP contribution in [-0.2, 0) is 6.54 Å². The number of anilines is 2. The number of rotatable bonds is 6. The number of aromatic nitrogens is 3. The fraction of sp³-hybridized carbons (Fsp3) is 0.429. The molecule has 0 aliphatic heterocycles. The summed E-state index contributed by atoms with van der Waals surface area (Å²) in [5, 5.41) is 18.2. The van der Waals surface area contributed by atoms with Gasteiger partial charge in [0.25, 0.3) is 5.69 Å². The van der Waals surface area contributed by atoms with Crippen molar-refractivity contribution < 1.29 is 4.92 Å². The van der Waals surface area contributed by atoms with Gasteiger partial charge in [0.2, 0.25) is 0 Å². The molecular weight excluding hydrogens is 270 g/mol. The van der Waals surface area contributed by atoms with E-state index < -0.39 is 4.92 Å². The van der Waals surface area contributed by atoms with Gasteiger partial charge in [-0.05, 0) is 25.3 Å². The molecule has 21 heavy (non-hydrogen) atoms. The number of hydrogen-bond acceptors (Lipinski definition) is 5. The Bertz CT molecular complexity index is 636. The highest BCUT2D eigenvalue weighted by molar-refractivity contribution is 5.54. The Morgan fingerprint density at radius 2 is 2.19 bits per heavy atom. The summed E-state index contributed by atoms with van der Waals surface area (Å²) in [6.07, 6.45) is 4.23. The summed E-state index contributed by atoms with van der Waals surface area (Å²) in [4.78, 5) is 14.4. The van der Waals surface area contributed by atoms with E-state index in [0.717, 1.165) is 13.0 Å². The molecule has 2 rings (SSSR count). The summed E-state index contributed by atoms with van der Waals surface area (Å²) >= 11 is 0. The minimum absolute atomic E-state index is 0.0167. The summed E-state index contributed by atoms with van der Waals surface area (Å²) < 4.78 is 1.88. The van der Waals surface area contributed by atoms with Crippen LogP contribution in [0.5, 0.6) is 0 Å². The second kappa shape index (κ2) is 6.34. The molecule has 2 aromatic rings. The predicted molar refractivity (Wildman–Crippen MR) is 80.6 cm³/mol. The van der Waals surface area contributed by atoms with Gasteiger partial charge in [-0.1, -0.05) is 13.8 Å². The number of nitrogens with one attached hydrogen (secondary N) is 1. The Morgan fingerprint density at radius 1 is 1.43 bits per heavy atom. The fourth-order valence-electron chi connectivity index (χ4n) is 1.88. The molecule has 0 aliphatic carbocycles. The van der Waals surface area contributed by atoms with Crippen LogP contribution in [0, 0.1) is 23.0 Å². The molecule has 0 amide bonds. The molecule has 0 aliphatic rings. The van der Waals surface area contributed by atoms with Crippen molar-refractivity contribution in [2.75, 3.05) is 5.32 Å². The average molecular weight is 289 g/mol. The second-order valence-corrected chi connectivity index (χ2v) is 5.38. The molecule has 0 saturated heterocycles. The van der Waals surface area contributed by atoms with Crippen LogP contribution in [0.3, 0.4) is 0 Å². The normalized spacial score (nSPS) is 10.9. The zero-order valence-electron chi connectivity index (χ0n) is 12.4. The first-order valence-electron chi connectivity index (χ1n) is 6.87. The molecule has 0 spiro atoms. The van der Waals surface area contributed by atoms with Crippen molar-refractivity contribution in [1.82, 2.24) is 14.8 Å². The summed E-state index contributed by atoms with van der Waals surface area (Å²) in [5.74, 6) is 1.86. The molecule has 7 nitrogen and oxygen atoms in total. The first kappa shape index (κ1) is 15.0. The van der Waals surface area contributed by atoms with E-state index >= 15 is 0 Å². The van der Waals surface area contributed by atoms with Crippen molar-refractivity contribution in [3.05, 3.63) is 40.2 Å². The highest BCUT2D eigenvalue weighted by atomic mass is 16.6. The number of nitro groups is 1. The Hall–Kier alpha value is -2.44. The number of nitrogens with zero attached hydrogens (tertiary/aromatic N) is 4. The van der Waals surface area contributed by atoms with E-state index in [1.165, 1.54) is 6.20 Å². The topological polar surface area (TPSA) is 85.9 Å². The lowest BCUT2D eigenvalue weighted by Gasteiger charge is -2.05. The van der Waals surface area contributed by atoms with Gasteiger partial charge in [-0.3, -0.25) is 14.8 Å². The van der Waals surface area contributed by atoms with Crippen LogP contribution >= 0.6 is 0 Å². The molecule has 0 radical (unpaired) electrons. The Balaban J connectivity index is 2.05. The average Bonchev–Trinajstić information content (AvgIpc) is 2.83. The lowest BCUT2D eigenvalue weighted by Crippen LogP contribution is -2.03. The molecule has 0 fully saturated rings. The van der Waals surface area contributed by atoms with Crippen molar-refractivity contribution in [3.63, 3.8) is 0 Å². The van der Waals surface area contributed by atoms with Crippen molar-refractivity contribution in [2.24, 2.45) is 5.92 Å². The van der Waals surface area contributed by atoms with E-state index in [1.807, 2.05) is 16.9 Å². The van der Waals surface area contributed by atoms with Crippen molar-refractivity contribution in [3.8, 4) is 0 Å². The Kier molecular flexibility index (Phi) is 4.52. The van der Waals surface area contributed by atoms with Crippen LogP contribution < -0.4 is 5.32 Å². The molecule has 1 N–H and O–H groups in total. The van der Waals surface area contributed by atoms with Gasteiger partial charge in [0.05, 0.1) is 4.92 Å². The summed E-state index contributed by atoms with van der Waals surface area (Å²) in [6.45, 7) is 6.90. The predicted octanol–water partition coefficient (Wildman–Crippen LogP) is 3.28. The van der Waals surface area contributed by atoms with E-state index in [0.29, 0.717) is 23.1 Å². The molecule has 7 heteroatoms.